The first-order valence-electron chi connectivity index (χ1n) is 7.77. The van der Waals surface area contributed by atoms with Gasteiger partial charge in [0.25, 0.3) is 5.91 Å². The molecule has 0 heterocycles. The number of ether oxygens (including phenoxy) is 2. The molecule has 6 nitrogen and oxygen atoms in total. The van der Waals surface area contributed by atoms with Crippen LogP contribution in [-0.2, 0) is 11.2 Å². The Hall–Kier alpha value is -3.02. The molecule has 0 saturated heterocycles. The molecule has 2 aromatic rings. The van der Waals surface area contributed by atoms with E-state index in [0.717, 1.165) is 5.56 Å². The van der Waals surface area contributed by atoms with Crippen LogP contribution in [0.2, 0.25) is 0 Å². The van der Waals surface area contributed by atoms with E-state index in [2.05, 4.69) is 5.32 Å². The Balaban J connectivity index is 2.08. The van der Waals surface area contributed by atoms with Gasteiger partial charge in [-0.15, -0.1) is 0 Å². The molecule has 1 N–H and O–H groups in total. The Bertz CT molecular complexity index is 772. The maximum absolute atomic E-state index is 12.3. The average Bonchev–Trinajstić information content (AvgIpc) is 2.60. The number of hydrogen-bond donors (Lipinski definition) is 1. The third-order valence-corrected chi connectivity index (χ3v) is 3.61. The van der Waals surface area contributed by atoms with Crippen molar-refractivity contribution < 1.29 is 19.1 Å². The number of amides is 2. The molecular formula is C19H22N2O4. The van der Waals surface area contributed by atoms with Crippen LogP contribution >= 0.6 is 0 Å². The molecule has 0 fully saturated rings. The summed E-state index contributed by atoms with van der Waals surface area (Å²) in [5, 5.41) is 2.81. The van der Waals surface area contributed by atoms with Gasteiger partial charge in [-0.05, 0) is 35.9 Å². The van der Waals surface area contributed by atoms with Gasteiger partial charge in [-0.1, -0.05) is 12.1 Å². The van der Waals surface area contributed by atoms with Crippen molar-refractivity contribution in [2.24, 2.45) is 0 Å². The second kappa shape index (κ2) is 8.19. The van der Waals surface area contributed by atoms with E-state index in [9.17, 15) is 9.59 Å². The highest BCUT2D eigenvalue weighted by molar-refractivity contribution is 5.97. The van der Waals surface area contributed by atoms with E-state index in [4.69, 9.17) is 9.47 Å². The minimum Gasteiger partial charge on any atom is -0.493 e. The Morgan fingerprint density at radius 2 is 1.72 bits per heavy atom. The van der Waals surface area contributed by atoms with Gasteiger partial charge in [0.05, 0.1) is 20.6 Å². The summed E-state index contributed by atoms with van der Waals surface area (Å²) in [6, 6.07) is 12.2. The van der Waals surface area contributed by atoms with Crippen molar-refractivity contribution in [3.05, 3.63) is 53.6 Å². The lowest BCUT2D eigenvalue weighted by Crippen LogP contribution is -2.22. The number of benzene rings is 2. The third kappa shape index (κ3) is 4.73. The normalized spacial score (nSPS) is 10.1. The zero-order chi connectivity index (χ0) is 18.4. The van der Waals surface area contributed by atoms with Crippen LogP contribution in [0.25, 0.3) is 0 Å². The minimum atomic E-state index is -0.179. The van der Waals surface area contributed by atoms with Gasteiger partial charge in [-0.2, -0.15) is 0 Å². The lowest BCUT2D eigenvalue weighted by Gasteiger charge is -2.12. The summed E-state index contributed by atoms with van der Waals surface area (Å²) >= 11 is 0. The molecule has 25 heavy (non-hydrogen) atoms. The van der Waals surface area contributed by atoms with Crippen LogP contribution in [0.1, 0.15) is 15.9 Å². The number of nitrogens with one attached hydrogen (secondary N) is 1. The quantitative estimate of drug-likeness (QED) is 0.876. The highest BCUT2D eigenvalue weighted by atomic mass is 16.5. The third-order valence-electron chi connectivity index (χ3n) is 3.61. The van der Waals surface area contributed by atoms with Crippen molar-refractivity contribution in [2.45, 2.75) is 6.42 Å². The standard InChI is InChI=1S/C19H22N2O4/c1-21(2)19(23)14-6-5-7-15(12-14)20-18(22)11-13-8-9-16(24-3)17(10-13)25-4/h5-10,12H,11H2,1-4H3,(H,20,22). The average molecular weight is 342 g/mol. The number of hydrogen-bond acceptors (Lipinski definition) is 4. The Morgan fingerprint density at radius 3 is 2.36 bits per heavy atom. The molecule has 0 aromatic heterocycles. The number of carbonyl (C=O) groups excluding carboxylic acids is 2. The van der Waals surface area contributed by atoms with Gasteiger partial charge in [0.2, 0.25) is 5.91 Å². The van der Waals surface area contributed by atoms with Crippen molar-refractivity contribution in [1.82, 2.24) is 4.90 Å². The van der Waals surface area contributed by atoms with Crippen LogP contribution in [0.15, 0.2) is 42.5 Å². The van der Waals surface area contributed by atoms with Crippen molar-refractivity contribution in [3.8, 4) is 11.5 Å². The molecule has 132 valence electrons. The van der Waals surface area contributed by atoms with Crippen molar-refractivity contribution in [2.75, 3.05) is 33.6 Å². The zero-order valence-electron chi connectivity index (χ0n) is 14.8. The first-order chi connectivity index (χ1) is 11.9. The Morgan fingerprint density at radius 1 is 1.00 bits per heavy atom. The van der Waals surface area contributed by atoms with E-state index in [1.807, 2.05) is 6.07 Å². The van der Waals surface area contributed by atoms with Crippen LogP contribution in [0.5, 0.6) is 11.5 Å². The monoisotopic (exact) mass is 342 g/mol. The SMILES string of the molecule is COc1ccc(CC(=O)Nc2cccc(C(=O)N(C)C)c2)cc1OC. The summed E-state index contributed by atoms with van der Waals surface area (Å²) in [6.45, 7) is 0. The van der Waals surface area contributed by atoms with Gasteiger partial charge >= 0.3 is 0 Å². The second-order valence-electron chi connectivity index (χ2n) is 5.69. The summed E-state index contributed by atoms with van der Waals surface area (Å²) in [4.78, 5) is 25.8. The smallest absolute Gasteiger partial charge is 0.253 e. The van der Waals surface area contributed by atoms with Gasteiger partial charge < -0.3 is 19.7 Å². The molecule has 0 aliphatic carbocycles. The molecule has 2 aromatic carbocycles. The molecule has 0 atom stereocenters. The molecule has 0 saturated carbocycles. The first kappa shape index (κ1) is 18.3. The predicted octanol–water partition coefficient (Wildman–Crippen LogP) is 2.59. The molecule has 0 aliphatic rings. The van der Waals surface area contributed by atoms with Crippen LogP contribution in [0.4, 0.5) is 5.69 Å². The molecule has 0 radical (unpaired) electrons. The number of carbonyl (C=O) groups is 2. The minimum absolute atomic E-state index is 0.115. The van der Waals surface area contributed by atoms with E-state index in [1.54, 1.807) is 64.7 Å². The maximum atomic E-state index is 12.3. The fourth-order valence-electron chi connectivity index (χ4n) is 2.37. The molecule has 0 spiro atoms. The molecule has 6 heteroatoms. The number of nitrogens with zero attached hydrogens (tertiary/aromatic N) is 1. The van der Waals surface area contributed by atoms with Gasteiger partial charge in [0, 0.05) is 25.3 Å². The van der Waals surface area contributed by atoms with Crippen molar-refractivity contribution >= 4 is 17.5 Å². The molecule has 0 unspecified atom stereocenters. The molecule has 2 amide bonds. The predicted molar refractivity (Wildman–Crippen MR) is 96.3 cm³/mol. The zero-order valence-corrected chi connectivity index (χ0v) is 14.8. The summed E-state index contributed by atoms with van der Waals surface area (Å²) < 4.78 is 10.4. The van der Waals surface area contributed by atoms with Crippen molar-refractivity contribution in [3.63, 3.8) is 0 Å². The van der Waals surface area contributed by atoms with Gasteiger partial charge in [0.15, 0.2) is 11.5 Å². The largest absolute Gasteiger partial charge is 0.493 e. The Labute approximate surface area is 147 Å². The lowest BCUT2D eigenvalue weighted by molar-refractivity contribution is -0.115. The molecular weight excluding hydrogens is 320 g/mol. The fourth-order valence-corrected chi connectivity index (χ4v) is 2.37. The van der Waals surface area contributed by atoms with Gasteiger partial charge in [-0.3, -0.25) is 9.59 Å². The number of anilines is 1. The first-order valence-corrected chi connectivity index (χ1v) is 7.77. The number of rotatable bonds is 6. The van der Waals surface area contributed by atoms with E-state index in [1.165, 1.54) is 4.90 Å². The van der Waals surface area contributed by atoms with E-state index >= 15 is 0 Å². The second-order valence-corrected chi connectivity index (χ2v) is 5.69. The molecule has 0 bridgehead atoms. The van der Waals surface area contributed by atoms with E-state index < -0.39 is 0 Å². The summed E-state index contributed by atoms with van der Waals surface area (Å²) in [5.41, 5.74) is 1.91. The van der Waals surface area contributed by atoms with E-state index in [0.29, 0.717) is 22.7 Å². The topological polar surface area (TPSA) is 67.9 Å². The molecule has 2 rings (SSSR count). The lowest BCUT2D eigenvalue weighted by atomic mass is 10.1. The highest BCUT2D eigenvalue weighted by Crippen LogP contribution is 2.27. The summed E-state index contributed by atoms with van der Waals surface area (Å²) in [5.74, 6) is 0.894. The molecule has 0 aliphatic heterocycles. The van der Waals surface area contributed by atoms with Crippen molar-refractivity contribution in [1.29, 1.82) is 0 Å². The van der Waals surface area contributed by atoms with Gasteiger partial charge in [0.1, 0.15) is 0 Å². The van der Waals surface area contributed by atoms with Crippen LogP contribution in [0, 0.1) is 0 Å². The van der Waals surface area contributed by atoms with E-state index in [-0.39, 0.29) is 18.2 Å². The Kier molecular flexibility index (Phi) is 6.00. The van der Waals surface area contributed by atoms with Crippen LogP contribution < -0.4 is 14.8 Å². The highest BCUT2D eigenvalue weighted by Gasteiger charge is 2.11. The summed E-state index contributed by atoms with van der Waals surface area (Å²) in [7, 11) is 6.48. The summed E-state index contributed by atoms with van der Waals surface area (Å²) in [6.07, 6.45) is 0.187. The van der Waals surface area contributed by atoms with Crippen LogP contribution in [0.3, 0.4) is 0 Å². The number of methoxy groups -OCH3 is 2. The maximum Gasteiger partial charge on any atom is 0.253 e. The van der Waals surface area contributed by atoms with Crippen LogP contribution in [-0.4, -0.2) is 45.0 Å². The fraction of sp³-hybridized carbons (Fsp3) is 0.263. The van der Waals surface area contributed by atoms with Gasteiger partial charge in [-0.25, -0.2) is 0 Å².